The molecule has 0 saturated carbocycles. The number of methoxy groups -OCH3 is 1. The zero-order chi connectivity index (χ0) is 21.7. The zero-order valence-corrected chi connectivity index (χ0v) is 18.4. The van der Waals surface area contributed by atoms with E-state index in [4.69, 9.17) is 4.74 Å². The third kappa shape index (κ3) is 5.08. The van der Waals surface area contributed by atoms with Crippen molar-refractivity contribution in [1.82, 2.24) is 10.2 Å². The van der Waals surface area contributed by atoms with Gasteiger partial charge < -0.3 is 15.0 Å². The van der Waals surface area contributed by atoms with Crippen molar-refractivity contribution in [3.63, 3.8) is 0 Å². The molecule has 1 aliphatic heterocycles. The second-order valence-electron chi connectivity index (χ2n) is 7.86. The van der Waals surface area contributed by atoms with Crippen LogP contribution in [0.1, 0.15) is 46.7 Å². The molecule has 0 bridgehead atoms. The third-order valence-corrected chi connectivity index (χ3v) is 6.38. The lowest BCUT2D eigenvalue weighted by Crippen LogP contribution is -2.53. The number of Topliss-reactive ketones (excluding diaryl/α,β-unsaturated/α-hetero) is 1. The molecule has 1 unspecified atom stereocenters. The largest absolute Gasteiger partial charge is 0.497 e. The number of carbonyl (C=O) groups is 3. The molecule has 2 aromatic rings. The summed E-state index contributed by atoms with van der Waals surface area (Å²) < 4.78 is 5.14. The Balaban J connectivity index is 1.58. The Morgan fingerprint density at radius 3 is 2.30 bits per heavy atom. The maximum atomic E-state index is 13.1. The second-order valence-corrected chi connectivity index (χ2v) is 8.81. The van der Waals surface area contributed by atoms with Gasteiger partial charge in [0.15, 0.2) is 5.78 Å². The number of nitrogens with one attached hydrogen (secondary N) is 1. The van der Waals surface area contributed by atoms with Gasteiger partial charge in [0.05, 0.1) is 12.0 Å². The molecule has 1 aliphatic rings. The first-order valence-electron chi connectivity index (χ1n) is 10.2. The number of carbonyl (C=O) groups excluding carboxylic acids is 3. The highest BCUT2D eigenvalue weighted by molar-refractivity contribution is 7.12. The van der Waals surface area contributed by atoms with E-state index in [2.05, 4.69) is 5.32 Å². The second kappa shape index (κ2) is 9.89. The minimum absolute atomic E-state index is 0.0277. The van der Waals surface area contributed by atoms with E-state index in [1.54, 1.807) is 42.3 Å². The molecule has 3 rings (SSSR count). The smallest absolute Gasteiger partial charge is 0.262 e. The number of piperidine rings is 1. The van der Waals surface area contributed by atoms with Crippen LogP contribution in [0, 0.1) is 11.8 Å². The molecule has 7 heteroatoms. The lowest BCUT2D eigenvalue weighted by atomic mass is 9.88. The highest BCUT2D eigenvalue weighted by atomic mass is 32.1. The lowest BCUT2D eigenvalue weighted by molar-refractivity contribution is -0.135. The predicted octanol–water partition coefficient (Wildman–Crippen LogP) is 3.63. The van der Waals surface area contributed by atoms with Crippen LogP contribution in [0.15, 0.2) is 41.8 Å². The fourth-order valence-corrected chi connectivity index (χ4v) is 4.31. The third-order valence-electron chi connectivity index (χ3n) is 5.52. The van der Waals surface area contributed by atoms with E-state index in [-0.39, 0.29) is 29.4 Å². The first-order chi connectivity index (χ1) is 14.4. The van der Waals surface area contributed by atoms with Gasteiger partial charge in [0.1, 0.15) is 11.8 Å². The van der Waals surface area contributed by atoms with E-state index >= 15 is 0 Å². The van der Waals surface area contributed by atoms with Gasteiger partial charge >= 0.3 is 0 Å². The molecule has 6 nitrogen and oxygen atoms in total. The van der Waals surface area contributed by atoms with E-state index in [0.717, 1.165) is 5.75 Å². The fraction of sp³-hybridized carbons (Fsp3) is 0.435. The van der Waals surface area contributed by atoms with Crippen molar-refractivity contribution in [2.45, 2.75) is 32.7 Å². The number of ether oxygens (including phenoxy) is 1. The molecule has 30 heavy (non-hydrogen) atoms. The molecule has 1 aromatic carbocycles. The van der Waals surface area contributed by atoms with Crippen LogP contribution >= 0.6 is 11.3 Å². The van der Waals surface area contributed by atoms with Crippen molar-refractivity contribution < 1.29 is 19.1 Å². The predicted molar refractivity (Wildman–Crippen MR) is 117 cm³/mol. The van der Waals surface area contributed by atoms with Crippen molar-refractivity contribution in [2.75, 3.05) is 20.2 Å². The molecule has 160 valence electrons. The quantitative estimate of drug-likeness (QED) is 0.684. The van der Waals surface area contributed by atoms with Crippen LogP contribution in [-0.4, -0.2) is 48.7 Å². The van der Waals surface area contributed by atoms with Crippen molar-refractivity contribution >= 4 is 28.9 Å². The Labute approximate surface area is 181 Å². The highest BCUT2D eigenvalue weighted by Crippen LogP contribution is 2.24. The van der Waals surface area contributed by atoms with E-state index in [9.17, 15) is 14.4 Å². The number of hydrogen-bond donors (Lipinski definition) is 1. The van der Waals surface area contributed by atoms with Crippen LogP contribution in [0.5, 0.6) is 5.75 Å². The number of ketones is 1. The zero-order valence-electron chi connectivity index (χ0n) is 17.6. The van der Waals surface area contributed by atoms with Crippen molar-refractivity contribution in [1.29, 1.82) is 0 Å². The standard InChI is InChI=1S/C23H28N2O4S/c1-15(2)20(24-22(27)19-5-4-14-30-19)23(28)25-12-10-17(11-13-25)21(26)16-6-8-18(29-3)9-7-16/h4-9,14-15,17,20H,10-13H2,1-3H3,(H,24,27). The summed E-state index contributed by atoms with van der Waals surface area (Å²) in [5.74, 6) is 0.403. The van der Waals surface area contributed by atoms with Crippen molar-refractivity contribution in [2.24, 2.45) is 11.8 Å². The van der Waals surface area contributed by atoms with E-state index in [1.165, 1.54) is 11.3 Å². The average Bonchev–Trinajstić information content (AvgIpc) is 3.31. The van der Waals surface area contributed by atoms with Crippen LogP contribution in [0.3, 0.4) is 0 Å². The van der Waals surface area contributed by atoms with Crippen LogP contribution in [0.25, 0.3) is 0 Å². The number of rotatable bonds is 7. The summed E-state index contributed by atoms with van der Waals surface area (Å²) >= 11 is 1.35. The number of nitrogens with zero attached hydrogens (tertiary/aromatic N) is 1. The monoisotopic (exact) mass is 428 g/mol. The van der Waals surface area contributed by atoms with Crippen LogP contribution < -0.4 is 10.1 Å². The molecule has 1 saturated heterocycles. The van der Waals surface area contributed by atoms with Gasteiger partial charge in [-0.1, -0.05) is 19.9 Å². The summed E-state index contributed by atoms with van der Waals surface area (Å²) in [5, 5.41) is 4.73. The Morgan fingerprint density at radius 1 is 1.10 bits per heavy atom. The minimum atomic E-state index is -0.576. The van der Waals surface area contributed by atoms with E-state index in [1.807, 2.05) is 25.3 Å². The van der Waals surface area contributed by atoms with Gasteiger partial charge in [-0.15, -0.1) is 11.3 Å². The fourth-order valence-electron chi connectivity index (χ4n) is 3.68. The summed E-state index contributed by atoms with van der Waals surface area (Å²) in [6.45, 7) is 4.89. The van der Waals surface area contributed by atoms with Crippen LogP contribution in [0.4, 0.5) is 0 Å². The Morgan fingerprint density at radius 2 is 1.77 bits per heavy atom. The molecular weight excluding hydrogens is 400 g/mol. The van der Waals surface area contributed by atoms with Gasteiger partial charge in [-0.05, 0) is 54.5 Å². The topological polar surface area (TPSA) is 75.7 Å². The number of likely N-dealkylation sites (tertiary alicyclic amines) is 1. The summed E-state index contributed by atoms with van der Waals surface area (Å²) in [4.78, 5) is 40.7. The van der Waals surface area contributed by atoms with Gasteiger partial charge in [-0.3, -0.25) is 14.4 Å². The van der Waals surface area contributed by atoms with Gasteiger partial charge in [0.2, 0.25) is 5.91 Å². The molecule has 2 heterocycles. The lowest BCUT2D eigenvalue weighted by Gasteiger charge is -2.35. The van der Waals surface area contributed by atoms with Crippen LogP contribution in [-0.2, 0) is 4.79 Å². The molecule has 0 radical (unpaired) electrons. The number of thiophene rings is 1. The maximum Gasteiger partial charge on any atom is 0.262 e. The van der Waals surface area contributed by atoms with Crippen LogP contribution in [0.2, 0.25) is 0 Å². The molecular formula is C23H28N2O4S. The Kier molecular flexibility index (Phi) is 7.26. The van der Waals surface area contributed by atoms with E-state index in [0.29, 0.717) is 36.4 Å². The maximum absolute atomic E-state index is 13.1. The average molecular weight is 429 g/mol. The first kappa shape index (κ1) is 22.0. The Bertz CT molecular complexity index is 869. The summed E-state index contributed by atoms with van der Waals surface area (Å²) in [6.07, 6.45) is 1.25. The normalized spacial score (nSPS) is 15.7. The molecule has 1 N–H and O–H groups in total. The van der Waals surface area contributed by atoms with Gasteiger partial charge in [0, 0.05) is 24.6 Å². The Hall–Kier alpha value is -2.67. The van der Waals surface area contributed by atoms with Crippen molar-refractivity contribution in [3.05, 3.63) is 52.2 Å². The first-order valence-corrected chi connectivity index (χ1v) is 11.1. The highest BCUT2D eigenvalue weighted by Gasteiger charge is 2.33. The van der Waals surface area contributed by atoms with Gasteiger partial charge in [0.25, 0.3) is 5.91 Å². The van der Waals surface area contributed by atoms with Gasteiger partial charge in [-0.25, -0.2) is 0 Å². The molecule has 0 aliphatic carbocycles. The molecule has 0 spiro atoms. The summed E-state index contributed by atoms with van der Waals surface area (Å²) in [5.41, 5.74) is 0.670. The number of hydrogen-bond acceptors (Lipinski definition) is 5. The molecule has 1 fully saturated rings. The molecule has 1 aromatic heterocycles. The molecule has 1 atom stereocenters. The SMILES string of the molecule is COc1ccc(C(=O)C2CCN(C(=O)C(NC(=O)c3cccs3)C(C)C)CC2)cc1. The number of amides is 2. The van der Waals surface area contributed by atoms with Crippen molar-refractivity contribution in [3.8, 4) is 5.75 Å². The summed E-state index contributed by atoms with van der Waals surface area (Å²) in [7, 11) is 1.59. The van der Waals surface area contributed by atoms with E-state index < -0.39 is 6.04 Å². The molecule has 2 amide bonds. The minimum Gasteiger partial charge on any atom is -0.497 e. The summed E-state index contributed by atoms with van der Waals surface area (Å²) in [6, 6.07) is 10.1. The number of benzene rings is 1. The van der Waals surface area contributed by atoms with Gasteiger partial charge in [-0.2, -0.15) is 0 Å².